The normalized spacial score (nSPS) is 11.7. The van der Waals surface area contributed by atoms with E-state index < -0.39 is 11.0 Å². The van der Waals surface area contributed by atoms with Gasteiger partial charge in [0, 0.05) is 18.8 Å². The molecule has 0 aliphatic carbocycles. The highest BCUT2D eigenvalue weighted by Gasteiger charge is 2.16. The number of nitrogens with zero attached hydrogens (tertiary/aromatic N) is 2. The third kappa shape index (κ3) is 3.32. The lowest BCUT2D eigenvalue weighted by Gasteiger charge is -2.12. The Hall–Kier alpha value is -1.96. The van der Waals surface area contributed by atoms with Crippen molar-refractivity contribution in [2.75, 3.05) is 18.5 Å². The Morgan fingerprint density at radius 3 is 2.80 bits per heavy atom. The van der Waals surface area contributed by atoms with E-state index in [1.165, 1.54) is 12.3 Å². The molecule has 8 heteroatoms. The van der Waals surface area contributed by atoms with Crippen LogP contribution in [-0.2, 0) is 0 Å². The van der Waals surface area contributed by atoms with Crippen LogP contribution in [0, 0.1) is 10.1 Å². The molecule has 1 atom stereocenters. The van der Waals surface area contributed by atoms with Gasteiger partial charge in [0.25, 0.3) is 5.69 Å². The smallest absolute Gasteiger partial charge is 0.280 e. The third-order valence-corrected chi connectivity index (χ3v) is 2.68. The van der Waals surface area contributed by atoms with Crippen LogP contribution in [0.1, 0.15) is 0 Å². The van der Waals surface area contributed by atoms with Crippen LogP contribution in [0.15, 0.2) is 30.5 Å². The quantitative estimate of drug-likeness (QED) is 0.568. The van der Waals surface area contributed by atoms with Gasteiger partial charge in [0.05, 0.1) is 28.8 Å². The number of hydrogen-bond acceptors (Lipinski definition) is 6. The van der Waals surface area contributed by atoms with E-state index >= 15 is 0 Å². The van der Waals surface area contributed by atoms with Crippen molar-refractivity contribution in [1.82, 2.24) is 4.98 Å². The van der Waals surface area contributed by atoms with Crippen LogP contribution < -0.4 is 5.32 Å². The number of hydrogen-bond donors (Lipinski definition) is 3. The minimum absolute atomic E-state index is 0. The number of nitro benzene ring substituents is 1. The highest BCUT2D eigenvalue weighted by molar-refractivity contribution is 5.98. The Bertz CT molecular complexity index is 603. The van der Waals surface area contributed by atoms with Crippen LogP contribution >= 0.6 is 12.4 Å². The predicted octanol–water partition coefficient (Wildman–Crippen LogP) is 1.33. The molecule has 0 radical (unpaired) electrons. The predicted molar refractivity (Wildman–Crippen MR) is 77.2 cm³/mol. The van der Waals surface area contributed by atoms with E-state index in [2.05, 4.69) is 10.3 Å². The lowest BCUT2D eigenvalue weighted by atomic mass is 10.1. The topological polar surface area (TPSA) is 109 Å². The van der Waals surface area contributed by atoms with E-state index in [9.17, 15) is 15.2 Å². The standard InChI is InChI=1S/C12H13N3O4.ClH/c16-7-8(17)6-14-10-4-5-13-9-2-1-3-11(12(9)10)15(18)19;/h1-5,8,16-17H,6-7H2,(H,13,14);1H. The molecule has 3 N–H and O–H groups in total. The zero-order valence-electron chi connectivity index (χ0n) is 10.4. The molecule has 0 spiro atoms. The van der Waals surface area contributed by atoms with Crippen molar-refractivity contribution in [2.45, 2.75) is 6.10 Å². The van der Waals surface area contributed by atoms with E-state index in [4.69, 9.17) is 5.11 Å². The summed E-state index contributed by atoms with van der Waals surface area (Å²) in [4.78, 5) is 14.6. The Kier molecular flexibility index (Phi) is 5.63. The molecule has 0 bridgehead atoms. The number of pyridine rings is 1. The monoisotopic (exact) mass is 299 g/mol. The lowest BCUT2D eigenvalue weighted by molar-refractivity contribution is -0.383. The third-order valence-electron chi connectivity index (χ3n) is 2.68. The van der Waals surface area contributed by atoms with Crippen molar-refractivity contribution in [3.8, 4) is 0 Å². The number of aromatic nitrogens is 1. The van der Waals surface area contributed by atoms with Crippen LogP contribution in [0.3, 0.4) is 0 Å². The molecule has 2 aromatic rings. The fraction of sp³-hybridized carbons (Fsp3) is 0.250. The van der Waals surface area contributed by atoms with E-state index in [0.717, 1.165) is 0 Å². The van der Waals surface area contributed by atoms with Gasteiger partial charge in [0.15, 0.2) is 0 Å². The highest BCUT2D eigenvalue weighted by Crippen LogP contribution is 2.30. The molecule has 0 fully saturated rings. The van der Waals surface area contributed by atoms with Crippen molar-refractivity contribution in [3.63, 3.8) is 0 Å². The second kappa shape index (κ2) is 6.99. The van der Waals surface area contributed by atoms with Crippen molar-refractivity contribution in [2.24, 2.45) is 0 Å². The van der Waals surface area contributed by atoms with Gasteiger partial charge in [-0.2, -0.15) is 0 Å². The molecule has 0 amide bonds. The SMILES string of the molecule is Cl.O=[N+]([O-])c1cccc2nccc(NCC(O)CO)c12. The Balaban J connectivity index is 0.00000200. The maximum atomic E-state index is 11.0. The zero-order valence-corrected chi connectivity index (χ0v) is 11.2. The molecule has 1 aromatic carbocycles. The van der Waals surface area contributed by atoms with E-state index in [1.54, 1.807) is 18.2 Å². The molecular weight excluding hydrogens is 286 g/mol. The Labute approximate surface area is 120 Å². The van der Waals surface area contributed by atoms with Gasteiger partial charge in [-0.3, -0.25) is 15.1 Å². The van der Waals surface area contributed by atoms with E-state index in [0.29, 0.717) is 16.6 Å². The molecule has 20 heavy (non-hydrogen) atoms. The number of benzene rings is 1. The number of fused-ring (bicyclic) bond motifs is 1. The molecule has 1 unspecified atom stereocenters. The maximum absolute atomic E-state index is 11.0. The van der Waals surface area contributed by atoms with Gasteiger partial charge in [-0.1, -0.05) is 6.07 Å². The summed E-state index contributed by atoms with van der Waals surface area (Å²) in [6, 6.07) is 6.24. The van der Waals surface area contributed by atoms with Crippen molar-refractivity contribution < 1.29 is 15.1 Å². The van der Waals surface area contributed by atoms with Gasteiger partial charge in [-0.15, -0.1) is 12.4 Å². The fourth-order valence-corrected chi connectivity index (χ4v) is 1.78. The molecule has 2 rings (SSSR count). The van der Waals surface area contributed by atoms with Gasteiger partial charge >= 0.3 is 0 Å². The Morgan fingerprint density at radius 2 is 2.15 bits per heavy atom. The maximum Gasteiger partial charge on any atom is 0.280 e. The number of nitro groups is 1. The largest absolute Gasteiger partial charge is 0.394 e. The summed E-state index contributed by atoms with van der Waals surface area (Å²) in [6.07, 6.45) is 0.602. The average molecular weight is 300 g/mol. The van der Waals surface area contributed by atoms with Gasteiger partial charge in [-0.25, -0.2) is 0 Å². The first-order valence-corrected chi connectivity index (χ1v) is 5.68. The van der Waals surface area contributed by atoms with E-state index in [-0.39, 0.29) is 31.2 Å². The molecule has 0 aliphatic rings. The first-order valence-electron chi connectivity index (χ1n) is 5.68. The summed E-state index contributed by atoms with van der Waals surface area (Å²) < 4.78 is 0. The summed E-state index contributed by atoms with van der Waals surface area (Å²) in [5, 5.41) is 32.4. The second-order valence-corrected chi connectivity index (χ2v) is 4.00. The second-order valence-electron chi connectivity index (χ2n) is 4.00. The minimum atomic E-state index is -0.925. The van der Waals surface area contributed by atoms with Crippen LogP contribution in [0.25, 0.3) is 10.9 Å². The van der Waals surface area contributed by atoms with Crippen molar-refractivity contribution in [1.29, 1.82) is 0 Å². The Morgan fingerprint density at radius 1 is 1.40 bits per heavy atom. The lowest BCUT2D eigenvalue weighted by Crippen LogP contribution is -2.23. The van der Waals surface area contributed by atoms with Crippen LogP contribution in [0.5, 0.6) is 0 Å². The molecule has 0 aliphatic heterocycles. The van der Waals surface area contributed by atoms with E-state index in [1.807, 2.05) is 0 Å². The number of rotatable bonds is 5. The number of anilines is 1. The van der Waals surface area contributed by atoms with Crippen molar-refractivity contribution >= 4 is 34.7 Å². The molecule has 0 saturated heterocycles. The van der Waals surface area contributed by atoms with Gasteiger partial charge in [0.1, 0.15) is 5.39 Å². The molecule has 0 saturated carbocycles. The zero-order chi connectivity index (χ0) is 13.8. The number of aliphatic hydroxyl groups is 2. The number of non-ortho nitro benzene ring substituents is 1. The summed E-state index contributed by atoms with van der Waals surface area (Å²) in [5.74, 6) is 0. The minimum Gasteiger partial charge on any atom is -0.394 e. The first kappa shape index (κ1) is 16.1. The number of aliphatic hydroxyl groups excluding tert-OH is 2. The van der Waals surface area contributed by atoms with Crippen molar-refractivity contribution in [3.05, 3.63) is 40.6 Å². The first-order chi connectivity index (χ1) is 9.13. The molecule has 108 valence electrons. The van der Waals surface area contributed by atoms with Gasteiger partial charge in [-0.05, 0) is 12.1 Å². The highest BCUT2D eigenvalue weighted by atomic mass is 35.5. The summed E-state index contributed by atoms with van der Waals surface area (Å²) >= 11 is 0. The van der Waals surface area contributed by atoms with Crippen LogP contribution in [0.4, 0.5) is 11.4 Å². The van der Waals surface area contributed by atoms with Gasteiger partial charge < -0.3 is 15.5 Å². The molecule has 1 aromatic heterocycles. The van der Waals surface area contributed by atoms with Crippen LogP contribution in [-0.4, -0.2) is 39.4 Å². The molecule has 7 nitrogen and oxygen atoms in total. The molecular formula is C12H14ClN3O4. The van der Waals surface area contributed by atoms with Crippen LogP contribution in [0.2, 0.25) is 0 Å². The number of halogens is 1. The fourth-order valence-electron chi connectivity index (χ4n) is 1.78. The van der Waals surface area contributed by atoms with Gasteiger partial charge in [0.2, 0.25) is 0 Å². The number of nitrogens with one attached hydrogen (secondary N) is 1. The molecule has 1 heterocycles. The average Bonchev–Trinajstić information content (AvgIpc) is 2.43. The summed E-state index contributed by atoms with van der Waals surface area (Å²) in [5.41, 5.74) is 0.953. The summed E-state index contributed by atoms with van der Waals surface area (Å²) in [6.45, 7) is -0.278. The summed E-state index contributed by atoms with van der Waals surface area (Å²) in [7, 11) is 0.